The molecule has 5 heteroatoms. The molecule has 1 aromatic rings. The van der Waals surface area contributed by atoms with Crippen molar-refractivity contribution >= 4 is 27.7 Å². The Hall–Kier alpha value is -0.840. The lowest BCUT2D eigenvalue weighted by Gasteiger charge is -2.21. The molecule has 4 nitrogen and oxygen atoms in total. The van der Waals surface area contributed by atoms with E-state index in [1.165, 1.54) is 0 Å². The van der Waals surface area contributed by atoms with Crippen molar-refractivity contribution in [2.45, 2.75) is 47.0 Å². The largest absolute Gasteiger partial charge is 0.369 e. The molecule has 1 aromatic heterocycles. The van der Waals surface area contributed by atoms with Gasteiger partial charge in [0.1, 0.15) is 5.82 Å². The van der Waals surface area contributed by atoms with Crippen molar-refractivity contribution in [2.75, 3.05) is 29.9 Å². The highest BCUT2D eigenvalue weighted by atomic mass is 79.9. The first-order chi connectivity index (χ1) is 9.17. The number of hydrogen-bond acceptors (Lipinski definition) is 4. The highest BCUT2D eigenvalue weighted by molar-refractivity contribution is 9.10. The molecular formula is C14H25BrN4. The zero-order valence-corrected chi connectivity index (χ0v) is 14.0. The van der Waals surface area contributed by atoms with E-state index in [0.717, 1.165) is 60.8 Å². The maximum atomic E-state index is 4.70. The average Bonchev–Trinajstić information content (AvgIpc) is 2.42. The van der Waals surface area contributed by atoms with E-state index in [9.17, 15) is 0 Å². The standard InChI is InChI=1S/C14H25BrN4/c1-5-9-11-12(15)13(16-10-6-2)18-14(17-11)19(7-3)8-4/h5-10H2,1-4H3,(H,16,17,18). The summed E-state index contributed by atoms with van der Waals surface area (Å²) in [6.45, 7) is 11.4. The first-order valence-corrected chi connectivity index (χ1v) is 8.02. The van der Waals surface area contributed by atoms with Crippen LogP contribution in [0.1, 0.15) is 46.2 Å². The van der Waals surface area contributed by atoms with Gasteiger partial charge in [0.2, 0.25) is 5.95 Å². The van der Waals surface area contributed by atoms with Crippen molar-refractivity contribution in [3.05, 3.63) is 10.2 Å². The Balaban J connectivity index is 3.13. The van der Waals surface area contributed by atoms with Crippen LogP contribution in [-0.4, -0.2) is 29.6 Å². The topological polar surface area (TPSA) is 41.1 Å². The Kier molecular flexibility index (Phi) is 7.13. The van der Waals surface area contributed by atoms with Gasteiger partial charge >= 0.3 is 0 Å². The average molecular weight is 329 g/mol. The number of rotatable bonds is 8. The number of hydrogen-bond donors (Lipinski definition) is 1. The third-order valence-corrected chi connectivity index (χ3v) is 3.82. The molecule has 19 heavy (non-hydrogen) atoms. The highest BCUT2D eigenvalue weighted by Gasteiger charge is 2.14. The van der Waals surface area contributed by atoms with Crippen LogP contribution in [0.3, 0.4) is 0 Å². The van der Waals surface area contributed by atoms with Crippen LogP contribution in [0.5, 0.6) is 0 Å². The monoisotopic (exact) mass is 328 g/mol. The van der Waals surface area contributed by atoms with Gasteiger partial charge in [-0.1, -0.05) is 20.3 Å². The van der Waals surface area contributed by atoms with Gasteiger partial charge in [-0.25, -0.2) is 4.98 Å². The number of nitrogens with one attached hydrogen (secondary N) is 1. The Morgan fingerprint density at radius 1 is 1.05 bits per heavy atom. The molecule has 0 radical (unpaired) electrons. The molecule has 0 saturated heterocycles. The van der Waals surface area contributed by atoms with Crippen LogP contribution >= 0.6 is 15.9 Å². The Bertz CT molecular complexity index is 391. The molecular weight excluding hydrogens is 304 g/mol. The summed E-state index contributed by atoms with van der Waals surface area (Å²) in [7, 11) is 0. The zero-order chi connectivity index (χ0) is 14.3. The van der Waals surface area contributed by atoms with E-state index in [1.54, 1.807) is 0 Å². The van der Waals surface area contributed by atoms with Crippen LogP contribution < -0.4 is 10.2 Å². The second kappa shape index (κ2) is 8.35. The fraction of sp³-hybridized carbons (Fsp3) is 0.714. The third kappa shape index (κ3) is 4.34. The van der Waals surface area contributed by atoms with Crippen molar-refractivity contribution in [1.82, 2.24) is 9.97 Å². The molecule has 0 atom stereocenters. The normalized spacial score (nSPS) is 10.6. The molecule has 1 rings (SSSR count). The number of aryl methyl sites for hydroxylation is 1. The zero-order valence-electron chi connectivity index (χ0n) is 12.5. The number of aromatic nitrogens is 2. The van der Waals surface area contributed by atoms with Crippen LogP contribution in [0.15, 0.2) is 4.47 Å². The lowest BCUT2D eigenvalue weighted by molar-refractivity contribution is 0.793. The van der Waals surface area contributed by atoms with Crippen molar-refractivity contribution in [1.29, 1.82) is 0 Å². The predicted molar refractivity (Wildman–Crippen MR) is 86.1 cm³/mol. The van der Waals surface area contributed by atoms with Gasteiger partial charge < -0.3 is 10.2 Å². The van der Waals surface area contributed by atoms with Crippen LogP contribution in [0.25, 0.3) is 0 Å². The fourth-order valence-corrected chi connectivity index (χ4v) is 2.41. The van der Waals surface area contributed by atoms with Gasteiger partial charge in [0.05, 0.1) is 10.2 Å². The molecule has 0 fully saturated rings. The summed E-state index contributed by atoms with van der Waals surface area (Å²) < 4.78 is 1.01. The summed E-state index contributed by atoms with van der Waals surface area (Å²) in [5.41, 5.74) is 1.10. The highest BCUT2D eigenvalue weighted by Crippen LogP contribution is 2.27. The van der Waals surface area contributed by atoms with Crippen LogP contribution in [0.4, 0.5) is 11.8 Å². The first-order valence-electron chi connectivity index (χ1n) is 7.23. The summed E-state index contributed by atoms with van der Waals surface area (Å²) in [6, 6.07) is 0. The molecule has 0 unspecified atom stereocenters. The van der Waals surface area contributed by atoms with Gasteiger partial charge in [0.15, 0.2) is 0 Å². The molecule has 1 N–H and O–H groups in total. The van der Waals surface area contributed by atoms with E-state index in [0.29, 0.717) is 0 Å². The summed E-state index contributed by atoms with van der Waals surface area (Å²) in [6.07, 6.45) is 3.14. The van der Waals surface area contributed by atoms with Gasteiger partial charge in [-0.05, 0) is 42.6 Å². The Morgan fingerprint density at radius 3 is 2.26 bits per heavy atom. The molecule has 0 aliphatic carbocycles. The first kappa shape index (κ1) is 16.2. The van der Waals surface area contributed by atoms with Crippen LogP contribution in [-0.2, 0) is 6.42 Å². The van der Waals surface area contributed by atoms with Crippen LogP contribution in [0.2, 0.25) is 0 Å². The van der Waals surface area contributed by atoms with E-state index < -0.39 is 0 Å². The second-order valence-corrected chi connectivity index (χ2v) is 5.27. The lowest BCUT2D eigenvalue weighted by Crippen LogP contribution is -2.25. The smallest absolute Gasteiger partial charge is 0.227 e. The second-order valence-electron chi connectivity index (χ2n) is 4.48. The fourth-order valence-electron chi connectivity index (χ4n) is 1.89. The molecule has 0 spiro atoms. The molecule has 0 bridgehead atoms. The van der Waals surface area contributed by atoms with E-state index in [2.05, 4.69) is 58.8 Å². The molecule has 0 aromatic carbocycles. The predicted octanol–water partition coefficient (Wildman–Crippen LogP) is 3.86. The Labute approximate surface area is 125 Å². The molecule has 0 amide bonds. The van der Waals surface area contributed by atoms with Crippen LogP contribution in [0, 0.1) is 0 Å². The molecule has 0 aliphatic rings. The maximum absolute atomic E-state index is 4.70. The van der Waals surface area contributed by atoms with E-state index >= 15 is 0 Å². The number of halogens is 1. The molecule has 0 aliphatic heterocycles. The molecule has 0 saturated carbocycles. The number of anilines is 2. The molecule has 108 valence electrons. The van der Waals surface area contributed by atoms with Crippen molar-refractivity contribution in [2.24, 2.45) is 0 Å². The molecule has 1 heterocycles. The van der Waals surface area contributed by atoms with Gasteiger partial charge in [0.25, 0.3) is 0 Å². The summed E-state index contributed by atoms with van der Waals surface area (Å²) >= 11 is 3.63. The van der Waals surface area contributed by atoms with E-state index in [4.69, 9.17) is 4.98 Å². The lowest BCUT2D eigenvalue weighted by atomic mass is 10.2. The summed E-state index contributed by atoms with van der Waals surface area (Å²) in [4.78, 5) is 11.5. The van der Waals surface area contributed by atoms with Crippen molar-refractivity contribution in [3.63, 3.8) is 0 Å². The quantitative estimate of drug-likeness (QED) is 0.786. The van der Waals surface area contributed by atoms with Crippen molar-refractivity contribution in [3.8, 4) is 0 Å². The summed E-state index contributed by atoms with van der Waals surface area (Å²) in [5.74, 6) is 1.75. The minimum absolute atomic E-state index is 0.829. The van der Waals surface area contributed by atoms with Gasteiger partial charge in [-0.3, -0.25) is 0 Å². The van der Waals surface area contributed by atoms with Gasteiger partial charge in [-0.2, -0.15) is 4.98 Å². The summed E-state index contributed by atoms with van der Waals surface area (Å²) in [5, 5.41) is 3.38. The SMILES string of the molecule is CCCNc1nc(N(CC)CC)nc(CCC)c1Br. The maximum Gasteiger partial charge on any atom is 0.227 e. The van der Waals surface area contributed by atoms with E-state index in [-0.39, 0.29) is 0 Å². The third-order valence-electron chi connectivity index (χ3n) is 2.98. The Morgan fingerprint density at radius 2 is 1.74 bits per heavy atom. The van der Waals surface area contributed by atoms with Crippen molar-refractivity contribution < 1.29 is 0 Å². The van der Waals surface area contributed by atoms with Gasteiger partial charge in [-0.15, -0.1) is 0 Å². The number of nitrogens with zero attached hydrogens (tertiary/aromatic N) is 3. The van der Waals surface area contributed by atoms with E-state index in [1.807, 2.05) is 0 Å². The van der Waals surface area contributed by atoms with Gasteiger partial charge in [0, 0.05) is 19.6 Å². The minimum Gasteiger partial charge on any atom is -0.369 e. The minimum atomic E-state index is 0.829.